The van der Waals surface area contributed by atoms with Gasteiger partial charge in [-0.25, -0.2) is 10.2 Å². The number of hydrogen-bond donors (Lipinski definition) is 2. The van der Waals surface area contributed by atoms with Gasteiger partial charge < -0.3 is 23.9 Å². The number of rotatable bonds is 8. The third kappa shape index (κ3) is 6.58. The van der Waals surface area contributed by atoms with Crippen molar-refractivity contribution in [3.05, 3.63) is 82.2 Å². The quantitative estimate of drug-likeness (QED) is 0.148. The van der Waals surface area contributed by atoms with Crippen molar-refractivity contribution in [1.82, 2.24) is 10.7 Å². The molecule has 3 aromatic rings. The standard InChI is InChI=1S/C24H18BrN3O7/c25-17-4-7-19(35-23(30)8-5-18-2-1-9-32-18)16(10-17)12-27-28-22(29)13-26-24(31)15-3-6-20-21(11-15)34-14-33-20/h1-12H,13-14H2,(H,26,31)(H,28,29)/b8-5-,27-12?. The van der Waals surface area contributed by atoms with Gasteiger partial charge in [-0.3, -0.25) is 9.59 Å². The maximum Gasteiger partial charge on any atom is 0.336 e. The number of esters is 1. The predicted molar refractivity (Wildman–Crippen MR) is 128 cm³/mol. The normalized spacial score (nSPS) is 12.1. The van der Waals surface area contributed by atoms with Crippen molar-refractivity contribution < 1.29 is 33.0 Å². The van der Waals surface area contributed by atoms with E-state index in [0.717, 1.165) is 0 Å². The minimum Gasteiger partial charge on any atom is -0.465 e. The summed E-state index contributed by atoms with van der Waals surface area (Å²) in [4.78, 5) is 36.5. The highest BCUT2D eigenvalue weighted by atomic mass is 79.9. The molecule has 0 bridgehead atoms. The lowest BCUT2D eigenvalue weighted by Crippen LogP contribution is -2.34. The van der Waals surface area contributed by atoms with Gasteiger partial charge in [0.15, 0.2) is 11.5 Å². The van der Waals surface area contributed by atoms with Gasteiger partial charge >= 0.3 is 5.97 Å². The molecule has 0 saturated carbocycles. The van der Waals surface area contributed by atoms with Gasteiger partial charge in [-0.05, 0) is 54.6 Å². The van der Waals surface area contributed by atoms with Gasteiger partial charge in [-0.2, -0.15) is 5.10 Å². The van der Waals surface area contributed by atoms with Crippen LogP contribution in [0.4, 0.5) is 0 Å². The third-order valence-electron chi connectivity index (χ3n) is 4.55. The summed E-state index contributed by atoms with van der Waals surface area (Å²) in [5, 5.41) is 6.38. The van der Waals surface area contributed by atoms with Crippen molar-refractivity contribution in [2.24, 2.45) is 5.10 Å². The van der Waals surface area contributed by atoms with Crippen LogP contribution in [-0.4, -0.2) is 37.3 Å². The zero-order chi connectivity index (χ0) is 24.6. The summed E-state index contributed by atoms with van der Waals surface area (Å²) in [6.07, 6.45) is 5.52. The predicted octanol–water partition coefficient (Wildman–Crippen LogP) is 3.27. The maximum absolute atomic E-state index is 12.3. The first-order valence-electron chi connectivity index (χ1n) is 10.2. The van der Waals surface area contributed by atoms with E-state index in [1.54, 1.807) is 42.5 Å². The summed E-state index contributed by atoms with van der Waals surface area (Å²) >= 11 is 3.34. The average Bonchev–Trinajstić information content (AvgIpc) is 3.54. The molecule has 1 aliphatic rings. The first-order chi connectivity index (χ1) is 17.0. The van der Waals surface area contributed by atoms with Crippen LogP contribution < -0.4 is 25.0 Å². The van der Waals surface area contributed by atoms with E-state index >= 15 is 0 Å². The molecule has 1 aliphatic heterocycles. The molecule has 35 heavy (non-hydrogen) atoms. The Kier molecular flexibility index (Phi) is 7.58. The fraction of sp³-hybridized carbons (Fsp3) is 0.0833. The number of furan rings is 1. The van der Waals surface area contributed by atoms with Crippen molar-refractivity contribution in [1.29, 1.82) is 0 Å². The molecule has 0 fully saturated rings. The number of nitrogens with one attached hydrogen (secondary N) is 2. The molecule has 0 aliphatic carbocycles. The Morgan fingerprint density at radius 2 is 1.94 bits per heavy atom. The largest absolute Gasteiger partial charge is 0.465 e. The summed E-state index contributed by atoms with van der Waals surface area (Å²) in [6, 6.07) is 13.1. The van der Waals surface area contributed by atoms with Crippen LogP contribution >= 0.6 is 15.9 Å². The number of hydrogen-bond acceptors (Lipinski definition) is 8. The number of benzene rings is 2. The van der Waals surface area contributed by atoms with Crippen LogP contribution in [0.2, 0.25) is 0 Å². The van der Waals surface area contributed by atoms with E-state index in [1.807, 2.05) is 0 Å². The fourth-order valence-corrected chi connectivity index (χ4v) is 3.28. The highest BCUT2D eigenvalue weighted by molar-refractivity contribution is 9.10. The second-order valence-corrected chi connectivity index (χ2v) is 7.91. The highest BCUT2D eigenvalue weighted by Crippen LogP contribution is 2.32. The number of carbonyl (C=O) groups excluding carboxylic acids is 3. The molecule has 2 heterocycles. The highest BCUT2D eigenvalue weighted by Gasteiger charge is 2.16. The van der Waals surface area contributed by atoms with Gasteiger partial charge in [-0.15, -0.1) is 0 Å². The Bertz CT molecular complexity index is 1300. The number of carbonyl (C=O) groups is 3. The number of hydrazone groups is 1. The van der Waals surface area contributed by atoms with Gasteiger partial charge in [0.25, 0.3) is 11.8 Å². The van der Waals surface area contributed by atoms with Crippen molar-refractivity contribution in [3.8, 4) is 17.2 Å². The van der Waals surface area contributed by atoms with E-state index in [9.17, 15) is 14.4 Å². The Morgan fingerprint density at radius 1 is 1.09 bits per heavy atom. The first kappa shape index (κ1) is 23.8. The van der Waals surface area contributed by atoms with Gasteiger partial charge in [0.1, 0.15) is 11.5 Å². The molecule has 0 spiro atoms. The van der Waals surface area contributed by atoms with Crippen LogP contribution in [0.5, 0.6) is 17.2 Å². The molecule has 2 amide bonds. The Hall–Kier alpha value is -4.38. The van der Waals surface area contributed by atoms with Crippen LogP contribution in [0.1, 0.15) is 21.7 Å². The number of halogens is 1. The maximum atomic E-state index is 12.3. The van der Waals surface area contributed by atoms with E-state index in [-0.39, 0.29) is 19.1 Å². The number of ether oxygens (including phenoxy) is 3. The molecule has 0 atom stereocenters. The Labute approximate surface area is 207 Å². The molecular weight excluding hydrogens is 522 g/mol. The summed E-state index contributed by atoms with van der Waals surface area (Å²) in [6.45, 7) is -0.204. The molecule has 0 saturated heterocycles. The molecule has 2 aromatic carbocycles. The lowest BCUT2D eigenvalue weighted by atomic mass is 10.2. The third-order valence-corrected chi connectivity index (χ3v) is 5.04. The van der Waals surface area contributed by atoms with E-state index in [1.165, 1.54) is 30.7 Å². The Balaban J connectivity index is 1.30. The van der Waals surface area contributed by atoms with Crippen molar-refractivity contribution in [3.63, 3.8) is 0 Å². The summed E-state index contributed by atoms with van der Waals surface area (Å²) in [5.41, 5.74) is 3.07. The fourth-order valence-electron chi connectivity index (χ4n) is 2.91. The zero-order valence-corrected chi connectivity index (χ0v) is 19.6. The van der Waals surface area contributed by atoms with Crippen LogP contribution in [0.3, 0.4) is 0 Å². The number of amides is 2. The van der Waals surface area contributed by atoms with Crippen molar-refractivity contribution in [2.45, 2.75) is 0 Å². The summed E-state index contributed by atoms with van der Waals surface area (Å²) < 4.78 is 21.6. The molecule has 11 heteroatoms. The van der Waals surface area contributed by atoms with Crippen LogP contribution in [0.25, 0.3) is 6.08 Å². The van der Waals surface area contributed by atoms with E-state index in [0.29, 0.717) is 32.9 Å². The van der Waals surface area contributed by atoms with Gasteiger partial charge in [0.2, 0.25) is 6.79 Å². The van der Waals surface area contributed by atoms with Gasteiger partial charge in [0.05, 0.1) is 19.0 Å². The number of nitrogens with zero attached hydrogens (tertiary/aromatic N) is 1. The molecule has 10 nitrogen and oxygen atoms in total. The van der Waals surface area contributed by atoms with E-state index < -0.39 is 17.8 Å². The minimum absolute atomic E-state index is 0.0986. The SMILES string of the molecule is O=C(CNC(=O)c1ccc2c(c1)OCO2)NN=Cc1cc(Br)ccc1OC(=O)/C=C\c1ccco1. The lowest BCUT2D eigenvalue weighted by molar-refractivity contribution is -0.129. The molecule has 4 rings (SSSR count). The lowest BCUT2D eigenvalue weighted by Gasteiger charge is -2.07. The smallest absolute Gasteiger partial charge is 0.336 e. The van der Waals surface area contributed by atoms with Crippen LogP contribution in [-0.2, 0) is 9.59 Å². The van der Waals surface area contributed by atoms with Gasteiger partial charge in [-0.1, -0.05) is 15.9 Å². The summed E-state index contributed by atoms with van der Waals surface area (Å²) in [5.74, 6) is 0.142. The molecule has 0 radical (unpaired) electrons. The minimum atomic E-state index is -0.617. The van der Waals surface area contributed by atoms with Crippen LogP contribution in [0.15, 0.2) is 74.9 Å². The van der Waals surface area contributed by atoms with Gasteiger partial charge in [0, 0.05) is 21.7 Å². The molecule has 178 valence electrons. The molecule has 2 N–H and O–H groups in total. The van der Waals surface area contributed by atoms with E-state index in [2.05, 4.69) is 31.8 Å². The van der Waals surface area contributed by atoms with Crippen molar-refractivity contribution >= 4 is 46.0 Å². The average molecular weight is 540 g/mol. The second kappa shape index (κ2) is 11.2. The number of fused-ring (bicyclic) bond motifs is 1. The first-order valence-corrected chi connectivity index (χ1v) is 11.0. The molecule has 0 unspecified atom stereocenters. The topological polar surface area (TPSA) is 128 Å². The molecule has 1 aromatic heterocycles. The van der Waals surface area contributed by atoms with Crippen LogP contribution in [0, 0.1) is 0 Å². The molecular formula is C24H18BrN3O7. The summed E-state index contributed by atoms with van der Waals surface area (Å²) in [7, 11) is 0. The monoisotopic (exact) mass is 539 g/mol. The zero-order valence-electron chi connectivity index (χ0n) is 18.0. The Morgan fingerprint density at radius 3 is 2.77 bits per heavy atom. The second-order valence-electron chi connectivity index (χ2n) is 7.00. The van der Waals surface area contributed by atoms with E-state index in [4.69, 9.17) is 18.6 Å². The van der Waals surface area contributed by atoms with Crippen molar-refractivity contribution in [2.75, 3.05) is 13.3 Å².